The summed E-state index contributed by atoms with van der Waals surface area (Å²) in [5.41, 5.74) is 0.874. The fourth-order valence-corrected chi connectivity index (χ4v) is 3.67. The van der Waals surface area contributed by atoms with E-state index >= 15 is 0 Å². The first kappa shape index (κ1) is 15.9. The maximum Gasteiger partial charge on any atom is 0.223 e. The number of ether oxygens (including phenoxy) is 1. The summed E-state index contributed by atoms with van der Waals surface area (Å²) in [5.74, 6) is 1.33. The van der Waals surface area contributed by atoms with Crippen LogP contribution >= 0.6 is 11.8 Å². The van der Waals surface area contributed by atoms with Crippen molar-refractivity contribution >= 4 is 17.7 Å². The summed E-state index contributed by atoms with van der Waals surface area (Å²) >= 11 is 1.70. The van der Waals surface area contributed by atoms with Gasteiger partial charge in [0.1, 0.15) is 11.6 Å². The second-order valence-electron chi connectivity index (χ2n) is 5.35. The van der Waals surface area contributed by atoms with Gasteiger partial charge in [-0.25, -0.2) is 4.39 Å². The lowest BCUT2D eigenvalue weighted by Crippen LogP contribution is -2.31. The van der Waals surface area contributed by atoms with E-state index in [-0.39, 0.29) is 24.2 Å². The monoisotopic (exact) mass is 331 g/mol. The molecular formula is C18H18FNO2S. The van der Waals surface area contributed by atoms with Crippen LogP contribution in [0.2, 0.25) is 0 Å². The van der Waals surface area contributed by atoms with E-state index in [0.29, 0.717) is 6.61 Å². The normalized spacial score (nSPS) is 16.5. The summed E-state index contributed by atoms with van der Waals surface area (Å²) in [6.07, 6.45) is 1.09. The fourth-order valence-electron chi connectivity index (χ4n) is 2.56. The van der Waals surface area contributed by atoms with Gasteiger partial charge in [-0.1, -0.05) is 18.2 Å². The van der Waals surface area contributed by atoms with Crippen LogP contribution in [0.4, 0.5) is 4.39 Å². The zero-order valence-corrected chi connectivity index (χ0v) is 13.4. The molecule has 1 aliphatic heterocycles. The van der Waals surface area contributed by atoms with Gasteiger partial charge in [-0.2, -0.15) is 0 Å². The van der Waals surface area contributed by atoms with E-state index in [0.717, 1.165) is 28.4 Å². The third-order valence-corrected chi connectivity index (χ3v) is 4.81. The van der Waals surface area contributed by atoms with Gasteiger partial charge in [0.05, 0.1) is 19.1 Å². The smallest absolute Gasteiger partial charge is 0.223 e. The molecule has 120 valence electrons. The molecule has 0 aromatic heterocycles. The Balaban J connectivity index is 1.54. The quantitative estimate of drug-likeness (QED) is 0.901. The van der Waals surface area contributed by atoms with Crippen molar-refractivity contribution in [1.29, 1.82) is 0 Å². The minimum Gasteiger partial charge on any atom is -0.493 e. The molecule has 1 atom stereocenters. The van der Waals surface area contributed by atoms with E-state index in [4.69, 9.17) is 4.74 Å². The van der Waals surface area contributed by atoms with Gasteiger partial charge in [-0.15, -0.1) is 11.8 Å². The zero-order chi connectivity index (χ0) is 16.1. The number of carbonyl (C=O) groups excluding carboxylic acids is 1. The van der Waals surface area contributed by atoms with Crippen LogP contribution in [-0.4, -0.2) is 18.3 Å². The van der Waals surface area contributed by atoms with Crippen molar-refractivity contribution in [3.8, 4) is 5.75 Å². The Morgan fingerprint density at radius 1 is 1.26 bits per heavy atom. The Bertz CT molecular complexity index is 678. The molecule has 23 heavy (non-hydrogen) atoms. The molecule has 0 aliphatic carbocycles. The molecule has 0 saturated carbocycles. The number of amides is 1. The Morgan fingerprint density at radius 2 is 2.09 bits per heavy atom. The number of carbonyl (C=O) groups is 1. The number of benzene rings is 2. The highest BCUT2D eigenvalue weighted by Crippen LogP contribution is 2.36. The van der Waals surface area contributed by atoms with Gasteiger partial charge in [0, 0.05) is 10.6 Å². The Kier molecular flexibility index (Phi) is 5.18. The summed E-state index contributed by atoms with van der Waals surface area (Å²) in [6, 6.07) is 14.1. The molecule has 2 aromatic carbocycles. The van der Waals surface area contributed by atoms with Crippen LogP contribution in [-0.2, 0) is 4.79 Å². The van der Waals surface area contributed by atoms with Crippen LogP contribution in [0.5, 0.6) is 5.75 Å². The van der Waals surface area contributed by atoms with E-state index < -0.39 is 0 Å². The predicted molar refractivity (Wildman–Crippen MR) is 89.2 cm³/mol. The van der Waals surface area contributed by atoms with E-state index in [1.807, 2.05) is 30.3 Å². The Morgan fingerprint density at radius 3 is 2.91 bits per heavy atom. The second kappa shape index (κ2) is 7.51. The molecule has 0 bridgehead atoms. The van der Waals surface area contributed by atoms with Crippen LogP contribution in [0.25, 0.3) is 0 Å². The van der Waals surface area contributed by atoms with Gasteiger partial charge >= 0.3 is 0 Å². The molecule has 0 radical (unpaired) electrons. The zero-order valence-electron chi connectivity index (χ0n) is 12.6. The largest absolute Gasteiger partial charge is 0.493 e. The maximum absolute atomic E-state index is 13.5. The minimum absolute atomic E-state index is 0.0759. The molecule has 2 aromatic rings. The minimum atomic E-state index is -0.266. The number of para-hydroxylation sites is 1. The number of halogens is 1. The lowest BCUT2D eigenvalue weighted by Gasteiger charge is -2.26. The summed E-state index contributed by atoms with van der Waals surface area (Å²) < 4.78 is 19.0. The Labute approximate surface area is 139 Å². The van der Waals surface area contributed by atoms with Crippen molar-refractivity contribution in [3.63, 3.8) is 0 Å². The first-order chi connectivity index (χ1) is 11.2. The van der Waals surface area contributed by atoms with Crippen LogP contribution in [0.3, 0.4) is 0 Å². The van der Waals surface area contributed by atoms with Crippen molar-refractivity contribution in [2.45, 2.75) is 23.8 Å². The second-order valence-corrected chi connectivity index (χ2v) is 6.49. The van der Waals surface area contributed by atoms with Gasteiger partial charge in [0.2, 0.25) is 5.91 Å². The molecule has 3 rings (SSSR count). The van der Waals surface area contributed by atoms with Gasteiger partial charge in [0.15, 0.2) is 0 Å². The average molecular weight is 331 g/mol. The van der Waals surface area contributed by atoms with Crippen LogP contribution < -0.4 is 10.1 Å². The SMILES string of the molecule is O=C(CCOc1ccccc1)NC1CCSc2ccc(F)cc21. The number of hydrogen-bond acceptors (Lipinski definition) is 3. The molecule has 0 spiro atoms. The van der Waals surface area contributed by atoms with Crippen molar-refractivity contribution < 1.29 is 13.9 Å². The molecule has 1 aliphatic rings. The van der Waals surface area contributed by atoms with E-state index in [1.165, 1.54) is 12.1 Å². The molecule has 3 nitrogen and oxygen atoms in total. The lowest BCUT2D eigenvalue weighted by atomic mass is 10.0. The summed E-state index contributed by atoms with van der Waals surface area (Å²) in [5, 5.41) is 2.99. The third-order valence-electron chi connectivity index (χ3n) is 3.69. The molecule has 1 N–H and O–H groups in total. The third kappa shape index (κ3) is 4.26. The van der Waals surface area contributed by atoms with Crippen molar-refractivity contribution in [1.82, 2.24) is 5.32 Å². The maximum atomic E-state index is 13.5. The number of nitrogens with one attached hydrogen (secondary N) is 1. The van der Waals surface area contributed by atoms with Crippen molar-refractivity contribution in [3.05, 3.63) is 59.9 Å². The van der Waals surface area contributed by atoms with E-state index in [2.05, 4.69) is 5.32 Å². The van der Waals surface area contributed by atoms with Gasteiger partial charge in [-0.05, 0) is 42.3 Å². The first-order valence-corrected chi connectivity index (χ1v) is 8.60. The van der Waals surface area contributed by atoms with Crippen LogP contribution in [0.15, 0.2) is 53.4 Å². The highest BCUT2D eigenvalue weighted by Gasteiger charge is 2.22. The van der Waals surface area contributed by atoms with Crippen molar-refractivity contribution in [2.75, 3.05) is 12.4 Å². The van der Waals surface area contributed by atoms with E-state index in [1.54, 1.807) is 17.8 Å². The number of rotatable bonds is 5. The van der Waals surface area contributed by atoms with E-state index in [9.17, 15) is 9.18 Å². The molecule has 1 unspecified atom stereocenters. The molecule has 0 saturated heterocycles. The number of hydrogen-bond donors (Lipinski definition) is 1. The summed E-state index contributed by atoms with van der Waals surface area (Å²) in [6.45, 7) is 0.327. The van der Waals surface area contributed by atoms with Crippen LogP contribution in [0, 0.1) is 5.82 Å². The fraction of sp³-hybridized carbons (Fsp3) is 0.278. The highest BCUT2D eigenvalue weighted by molar-refractivity contribution is 7.99. The summed E-state index contributed by atoms with van der Waals surface area (Å²) in [7, 11) is 0. The Hall–Kier alpha value is -2.01. The number of fused-ring (bicyclic) bond motifs is 1. The lowest BCUT2D eigenvalue weighted by molar-refractivity contribution is -0.122. The standard InChI is InChI=1S/C18H18FNO2S/c19-13-6-7-17-15(12-13)16(9-11-23-17)20-18(21)8-10-22-14-4-2-1-3-5-14/h1-7,12,16H,8-11H2,(H,20,21). The van der Waals surface area contributed by atoms with Crippen LogP contribution in [0.1, 0.15) is 24.4 Å². The summed E-state index contributed by atoms with van der Waals surface area (Å²) in [4.78, 5) is 13.1. The van der Waals surface area contributed by atoms with Crippen molar-refractivity contribution in [2.24, 2.45) is 0 Å². The van der Waals surface area contributed by atoms with Gasteiger partial charge in [-0.3, -0.25) is 4.79 Å². The first-order valence-electron chi connectivity index (χ1n) is 7.62. The topological polar surface area (TPSA) is 38.3 Å². The average Bonchev–Trinajstić information content (AvgIpc) is 2.56. The predicted octanol–water partition coefficient (Wildman–Crippen LogP) is 3.95. The molecule has 5 heteroatoms. The molecule has 1 heterocycles. The molecular weight excluding hydrogens is 313 g/mol. The molecule has 1 amide bonds. The van der Waals surface area contributed by atoms with Gasteiger partial charge < -0.3 is 10.1 Å². The highest BCUT2D eigenvalue weighted by atomic mass is 32.2. The van der Waals surface area contributed by atoms with Gasteiger partial charge in [0.25, 0.3) is 0 Å². The number of thioether (sulfide) groups is 1. The molecule has 0 fully saturated rings.